The van der Waals surface area contributed by atoms with E-state index in [0.717, 1.165) is 38.6 Å². The summed E-state index contributed by atoms with van der Waals surface area (Å²) in [6, 6.07) is 0. The summed E-state index contributed by atoms with van der Waals surface area (Å²) in [6.45, 7) is 4.42. The van der Waals surface area contributed by atoms with Gasteiger partial charge in [-0.05, 0) is 38.5 Å². The van der Waals surface area contributed by atoms with E-state index in [1.54, 1.807) is 0 Å². The Morgan fingerprint density at radius 3 is 2.93 bits per heavy atom. The van der Waals surface area contributed by atoms with Gasteiger partial charge in [0.05, 0.1) is 6.10 Å². The van der Waals surface area contributed by atoms with Crippen LogP contribution in [0.5, 0.6) is 0 Å². The van der Waals surface area contributed by atoms with Crippen molar-refractivity contribution in [1.82, 2.24) is 0 Å². The fraction of sp³-hybridized carbons (Fsp3) is 1.00. The fourth-order valence-corrected chi connectivity index (χ4v) is 2.36. The topological polar surface area (TPSA) is 44.5 Å². The van der Waals surface area contributed by atoms with Gasteiger partial charge in [-0.1, -0.05) is 0 Å². The third-order valence-corrected chi connectivity index (χ3v) is 3.40. The van der Waals surface area contributed by atoms with Crippen LogP contribution >= 0.6 is 0 Å². The molecule has 2 unspecified atom stereocenters. The van der Waals surface area contributed by atoms with Crippen molar-refractivity contribution < 1.29 is 9.47 Å². The first kappa shape index (κ1) is 10.4. The van der Waals surface area contributed by atoms with Gasteiger partial charge in [-0.2, -0.15) is 0 Å². The van der Waals surface area contributed by atoms with Gasteiger partial charge in [-0.15, -0.1) is 0 Å². The Kier molecular flexibility index (Phi) is 3.10. The number of rotatable bonds is 5. The monoisotopic (exact) mass is 199 g/mol. The molecule has 0 aromatic carbocycles. The molecule has 1 aliphatic heterocycles. The summed E-state index contributed by atoms with van der Waals surface area (Å²) in [4.78, 5) is 0. The molecule has 2 aliphatic rings. The van der Waals surface area contributed by atoms with Crippen LogP contribution in [0.2, 0.25) is 0 Å². The molecule has 0 radical (unpaired) electrons. The van der Waals surface area contributed by atoms with E-state index in [0.29, 0.717) is 6.10 Å². The predicted octanol–water partition coefficient (Wildman–Crippen LogP) is 1.31. The molecule has 0 aromatic rings. The molecule has 0 aromatic heterocycles. The molecule has 2 N–H and O–H groups in total. The van der Waals surface area contributed by atoms with Crippen LogP contribution in [0.3, 0.4) is 0 Å². The Bertz CT molecular complexity index is 194. The second-order valence-electron chi connectivity index (χ2n) is 4.56. The predicted molar refractivity (Wildman–Crippen MR) is 55.1 cm³/mol. The lowest BCUT2D eigenvalue weighted by molar-refractivity contribution is 0.0460. The lowest BCUT2D eigenvalue weighted by atomic mass is 9.86. The van der Waals surface area contributed by atoms with Crippen molar-refractivity contribution >= 4 is 0 Å². The van der Waals surface area contributed by atoms with Gasteiger partial charge in [0.15, 0.2) is 0 Å². The van der Waals surface area contributed by atoms with Crippen LogP contribution in [0.4, 0.5) is 0 Å². The van der Waals surface area contributed by atoms with E-state index >= 15 is 0 Å². The standard InChI is InChI=1S/C11H21NO2/c1-2-13-7-5-11(12)6-8-14-10(11)9-3-4-9/h9-10H,2-8,12H2,1H3. The first-order valence-electron chi connectivity index (χ1n) is 5.74. The Hall–Kier alpha value is -0.120. The van der Waals surface area contributed by atoms with Crippen LogP contribution in [0.25, 0.3) is 0 Å². The highest BCUT2D eigenvalue weighted by molar-refractivity contribution is 5.03. The summed E-state index contributed by atoms with van der Waals surface area (Å²) in [6.07, 6.45) is 4.86. The van der Waals surface area contributed by atoms with E-state index in [9.17, 15) is 0 Å². The van der Waals surface area contributed by atoms with Crippen LogP contribution in [-0.4, -0.2) is 31.5 Å². The summed E-state index contributed by atoms with van der Waals surface area (Å²) in [5.41, 5.74) is 6.28. The molecule has 2 rings (SSSR count). The number of ether oxygens (including phenoxy) is 2. The molecule has 1 aliphatic carbocycles. The van der Waals surface area contributed by atoms with Crippen molar-refractivity contribution in [2.24, 2.45) is 11.7 Å². The number of hydrogen-bond donors (Lipinski definition) is 1. The zero-order valence-electron chi connectivity index (χ0n) is 9.00. The van der Waals surface area contributed by atoms with Crippen molar-refractivity contribution in [2.45, 2.75) is 44.2 Å². The molecule has 3 heteroatoms. The summed E-state index contributed by atoms with van der Waals surface area (Å²) in [5, 5.41) is 0. The van der Waals surface area contributed by atoms with Crippen molar-refractivity contribution in [2.75, 3.05) is 19.8 Å². The van der Waals surface area contributed by atoms with E-state index < -0.39 is 0 Å². The van der Waals surface area contributed by atoms with Gasteiger partial charge in [0, 0.05) is 25.4 Å². The Balaban J connectivity index is 1.84. The first-order chi connectivity index (χ1) is 6.76. The van der Waals surface area contributed by atoms with Gasteiger partial charge in [0.1, 0.15) is 0 Å². The summed E-state index contributed by atoms with van der Waals surface area (Å²) in [5.74, 6) is 0.740. The maximum Gasteiger partial charge on any atom is 0.0784 e. The highest BCUT2D eigenvalue weighted by Gasteiger charge is 2.48. The molecule has 2 fully saturated rings. The molecule has 0 amide bonds. The van der Waals surface area contributed by atoms with E-state index in [-0.39, 0.29) is 5.54 Å². The van der Waals surface area contributed by atoms with Crippen molar-refractivity contribution in [3.63, 3.8) is 0 Å². The first-order valence-corrected chi connectivity index (χ1v) is 5.74. The Labute approximate surface area is 85.9 Å². The lowest BCUT2D eigenvalue weighted by Crippen LogP contribution is -2.49. The molecule has 14 heavy (non-hydrogen) atoms. The molecule has 1 saturated heterocycles. The SMILES string of the molecule is CCOCCC1(N)CCOC1C1CC1. The van der Waals surface area contributed by atoms with E-state index in [4.69, 9.17) is 15.2 Å². The van der Waals surface area contributed by atoms with Crippen LogP contribution in [0, 0.1) is 5.92 Å². The summed E-state index contributed by atoms with van der Waals surface area (Å²) >= 11 is 0. The zero-order chi connectivity index (χ0) is 10.0. The van der Waals surface area contributed by atoms with Crippen LogP contribution < -0.4 is 5.73 Å². The van der Waals surface area contributed by atoms with Crippen LogP contribution in [0.15, 0.2) is 0 Å². The molecular formula is C11H21NO2. The second kappa shape index (κ2) is 4.17. The minimum absolute atomic E-state index is 0.101. The molecule has 1 saturated carbocycles. The largest absolute Gasteiger partial charge is 0.382 e. The summed E-state index contributed by atoms with van der Waals surface area (Å²) < 4.78 is 11.1. The minimum Gasteiger partial charge on any atom is -0.382 e. The normalized spacial score (nSPS) is 37.7. The molecule has 1 heterocycles. The lowest BCUT2D eigenvalue weighted by Gasteiger charge is -2.29. The molecule has 3 nitrogen and oxygen atoms in total. The highest BCUT2D eigenvalue weighted by Crippen LogP contribution is 2.43. The smallest absolute Gasteiger partial charge is 0.0784 e. The zero-order valence-corrected chi connectivity index (χ0v) is 9.00. The molecule has 2 atom stereocenters. The van der Waals surface area contributed by atoms with Crippen molar-refractivity contribution in [3.05, 3.63) is 0 Å². The van der Waals surface area contributed by atoms with Gasteiger partial charge in [-0.3, -0.25) is 0 Å². The molecular weight excluding hydrogens is 178 g/mol. The third-order valence-electron chi connectivity index (χ3n) is 3.40. The number of hydrogen-bond acceptors (Lipinski definition) is 3. The van der Waals surface area contributed by atoms with Gasteiger partial charge in [0.2, 0.25) is 0 Å². The average molecular weight is 199 g/mol. The van der Waals surface area contributed by atoms with E-state index in [1.165, 1.54) is 12.8 Å². The highest BCUT2D eigenvalue weighted by atomic mass is 16.5. The Morgan fingerprint density at radius 2 is 2.29 bits per heavy atom. The fourth-order valence-electron chi connectivity index (χ4n) is 2.36. The van der Waals surface area contributed by atoms with Crippen molar-refractivity contribution in [1.29, 1.82) is 0 Å². The summed E-state index contributed by atoms with van der Waals surface area (Å²) in [7, 11) is 0. The molecule has 82 valence electrons. The second-order valence-corrected chi connectivity index (χ2v) is 4.56. The van der Waals surface area contributed by atoms with Gasteiger partial charge < -0.3 is 15.2 Å². The van der Waals surface area contributed by atoms with E-state index in [2.05, 4.69) is 0 Å². The van der Waals surface area contributed by atoms with Gasteiger partial charge in [-0.25, -0.2) is 0 Å². The third kappa shape index (κ3) is 2.10. The van der Waals surface area contributed by atoms with Crippen molar-refractivity contribution in [3.8, 4) is 0 Å². The maximum atomic E-state index is 6.38. The van der Waals surface area contributed by atoms with E-state index in [1.807, 2.05) is 6.92 Å². The van der Waals surface area contributed by atoms with Gasteiger partial charge in [0.25, 0.3) is 0 Å². The number of nitrogens with two attached hydrogens (primary N) is 1. The van der Waals surface area contributed by atoms with Crippen LogP contribution in [0.1, 0.15) is 32.6 Å². The van der Waals surface area contributed by atoms with Gasteiger partial charge >= 0.3 is 0 Å². The average Bonchev–Trinajstić information content (AvgIpc) is 2.92. The molecule has 0 bridgehead atoms. The minimum atomic E-state index is -0.101. The maximum absolute atomic E-state index is 6.38. The van der Waals surface area contributed by atoms with Crippen LogP contribution in [-0.2, 0) is 9.47 Å². The molecule has 0 spiro atoms. The Morgan fingerprint density at radius 1 is 1.50 bits per heavy atom. The quantitative estimate of drug-likeness (QED) is 0.679.